The van der Waals surface area contributed by atoms with E-state index in [-0.39, 0.29) is 12.1 Å². The zero-order chi connectivity index (χ0) is 20.5. The van der Waals surface area contributed by atoms with Crippen LogP contribution in [0.1, 0.15) is 41.7 Å². The van der Waals surface area contributed by atoms with Crippen LogP contribution < -0.4 is 10.1 Å². The first-order chi connectivity index (χ1) is 14.0. The van der Waals surface area contributed by atoms with E-state index in [4.69, 9.17) is 17.0 Å². The third-order valence-corrected chi connectivity index (χ3v) is 5.99. The van der Waals surface area contributed by atoms with Gasteiger partial charge in [-0.05, 0) is 68.9 Å². The van der Waals surface area contributed by atoms with Crippen molar-refractivity contribution in [3.8, 4) is 11.4 Å². The maximum Gasteiger partial charge on any atom is 0.170 e. The number of hydrogen-bond acceptors (Lipinski definition) is 3. The van der Waals surface area contributed by atoms with Crippen LogP contribution >= 0.6 is 12.2 Å². The number of pyridine rings is 1. The fourth-order valence-electron chi connectivity index (χ4n) is 4.32. The lowest BCUT2D eigenvalue weighted by atomic mass is 9.97. The maximum absolute atomic E-state index is 5.67. The van der Waals surface area contributed by atoms with Gasteiger partial charge in [-0.15, -0.1) is 0 Å². The number of aromatic nitrogens is 2. The molecule has 2 aromatic heterocycles. The number of aryl methyl sites for hydroxylation is 1. The summed E-state index contributed by atoms with van der Waals surface area (Å²) < 4.78 is 7.71. The molecule has 0 unspecified atom stereocenters. The summed E-state index contributed by atoms with van der Waals surface area (Å²) in [6, 6.07) is 16.6. The summed E-state index contributed by atoms with van der Waals surface area (Å²) in [5.74, 6) is 0.849. The minimum Gasteiger partial charge on any atom is -0.497 e. The van der Waals surface area contributed by atoms with Gasteiger partial charge in [0.25, 0.3) is 0 Å². The van der Waals surface area contributed by atoms with E-state index in [2.05, 4.69) is 64.8 Å². The highest BCUT2D eigenvalue weighted by molar-refractivity contribution is 7.80. The number of ether oxygens (including phenoxy) is 1. The second-order valence-corrected chi connectivity index (χ2v) is 7.66. The largest absolute Gasteiger partial charge is 0.497 e. The van der Waals surface area contributed by atoms with Crippen molar-refractivity contribution in [1.82, 2.24) is 19.8 Å². The number of likely N-dealkylation sites (N-methyl/N-ethyl adjacent to an activating group) is 1. The molecule has 2 atom stereocenters. The predicted octanol–water partition coefficient (Wildman–Crippen LogP) is 4.49. The van der Waals surface area contributed by atoms with Crippen LogP contribution in [0, 0.1) is 13.8 Å². The van der Waals surface area contributed by atoms with Crippen LogP contribution in [0.25, 0.3) is 5.69 Å². The summed E-state index contributed by atoms with van der Waals surface area (Å²) in [5, 5.41) is 4.28. The fourth-order valence-corrected chi connectivity index (χ4v) is 4.69. The fraction of sp³-hybridized carbons (Fsp3) is 0.304. The zero-order valence-corrected chi connectivity index (χ0v) is 18.0. The first kappa shape index (κ1) is 19.5. The van der Waals surface area contributed by atoms with E-state index in [1.807, 2.05) is 30.5 Å². The number of hydrogen-bond donors (Lipinski definition) is 1. The average molecular weight is 407 g/mol. The second kappa shape index (κ2) is 7.87. The molecule has 5 nitrogen and oxygen atoms in total. The standard InChI is InChI=1S/C23H26N4OS/c1-5-26-22(21(25-23(26)29)20-11-6-7-12-24-20)19-13-15(2)27(16(19)3)17-9-8-10-18(14-17)28-4/h6-14,21-22H,5H2,1-4H3,(H,25,29)/t21-,22-/m1/s1. The Morgan fingerprint density at radius 3 is 2.66 bits per heavy atom. The Labute approximate surface area is 177 Å². The molecule has 150 valence electrons. The molecule has 0 saturated carbocycles. The van der Waals surface area contributed by atoms with Gasteiger partial charge in [-0.1, -0.05) is 12.1 Å². The minimum absolute atomic E-state index is 0.0166. The monoisotopic (exact) mass is 406 g/mol. The summed E-state index contributed by atoms with van der Waals surface area (Å²) in [6.07, 6.45) is 1.84. The first-order valence-corrected chi connectivity index (χ1v) is 10.3. The van der Waals surface area contributed by atoms with Gasteiger partial charge in [0, 0.05) is 35.9 Å². The molecule has 1 aliphatic rings. The third-order valence-electron chi connectivity index (χ3n) is 5.64. The van der Waals surface area contributed by atoms with Crippen LogP contribution in [0.3, 0.4) is 0 Å². The van der Waals surface area contributed by atoms with E-state index in [1.165, 1.54) is 17.0 Å². The van der Waals surface area contributed by atoms with Crippen molar-refractivity contribution in [2.24, 2.45) is 0 Å². The van der Waals surface area contributed by atoms with Crippen molar-refractivity contribution >= 4 is 17.3 Å². The molecular weight excluding hydrogens is 380 g/mol. The maximum atomic E-state index is 5.67. The van der Waals surface area contributed by atoms with Gasteiger partial charge in [0.1, 0.15) is 5.75 Å². The van der Waals surface area contributed by atoms with E-state index in [9.17, 15) is 0 Å². The molecule has 0 radical (unpaired) electrons. The van der Waals surface area contributed by atoms with Gasteiger partial charge in [-0.2, -0.15) is 0 Å². The Balaban J connectivity index is 1.83. The summed E-state index contributed by atoms with van der Waals surface area (Å²) in [6.45, 7) is 7.29. The van der Waals surface area contributed by atoms with Crippen molar-refractivity contribution in [1.29, 1.82) is 0 Å². The van der Waals surface area contributed by atoms with Crippen LogP contribution in [0.5, 0.6) is 5.75 Å². The lowest BCUT2D eigenvalue weighted by Gasteiger charge is -2.27. The first-order valence-electron chi connectivity index (χ1n) is 9.86. The van der Waals surface area contributed by atoms with Crippen molar-refractivity contribution in [3.63, 3.8) is 0 Å². The van der Waals surface area contributed by atoms with Crippen molar-refractivity contribution in [2.75, 3.05) is 13.7 Å². The van der Waals surface area contributed by atoms with Crippen LogP contribution in [-0.2, 0) is 0 Å². The molecule has 1 N–H and O–H groups in total. The summed E-state index contributed by atoms with van der Waals surface area (Å²) in [4.78, 5) is 6.86. The van der Waals surface area contributed by atoms with Gasteiger partial charge in [0.05, 0.1) is 24.9 Å². The molecular formula is C23H26N4OS. The van der Waals surface area contributed by atoms with E-state index in [0.717, 1.165) is 28.8 Å². The lowest BCUT2D eigenvalue weighted by Crippen LogP contribution is -2.29. The Kier molecular flexibility index (Phi) is 5.28. The molecule has 0 spiro atoms. The predicted molar refractivity (Wildman–Crippen MR) is 120 cm³/mol. The lowest BCUT2D eigenvalue weighted by molar-refractivity contribution is 0.329. The molecule has 0 bridgehead atoms. The molecule has 0 aliphatic carbocycles. The number of rotatable bonds is 5. The zero-order valence-electron chi connectivity index (χ0n) is 17.2. The molecule has 1 aromatic carbocycles. The Bertz CT molecular complexity index is 1030. The highest BCUT2D eigenvalue weighted by atomic mass is 32.1. The van der Waals surface area contributed by atoms with Crippen molar-refractivity contribution < 1.29 is 4.74 Å². The Morgan fingerprint density at radius 1 is 1.14 bits per heavy atom. The molecule has 3 aromatic rings. The van der Waals surface area contributed by atoms with Crippen LogP contribution in [0.4, 0.5) is 0 Å². The molecule has 3 heterocycles. The highest BCUT2D eigenvalue weighted by Crippen LogP contribution is 2.41. The highest BCUT2D eigenvalue weighted by Gasteiger charge is 2.40. The van der Waals surface area contributed by atoms with Gasteiger partial charge in [-0.25, -0.2) is 0 Å². The number of nitrogens with one attached hydrogen (secondary N) is 1. The number of thiocarbonyl (C=S) groups is 1. The number of nitrogens with zero attached hydrogens (tertiary/aromatic N) is 3. The normalized spacial score (nSPS) is 18.8. The topological polar surface area (TPSA) is 42.3 Å². The van der Waals surface area contributed by atoms with Gasteiger partial charge < -0.3 is 19.5 Å². The summed E-state index contributed by atoms with van der Waals surface area (Å²) >= 11 is 5.67. The van der Waals surface area contributed by atoms with E-state index >= 15 is 0 Å². The van der Waals surface area contributed by atoms with Gasteiger partial charge in [0.2, 0.25) is 0 Å². The Hall–Kier alpha value is -2.86. The van der Waals surface area contributed by atoms with Gasteiger partial charge >= 0.3 is 0 Å². The average Bonchev–Trinajstić information content (AvgIpc) is 3.23. The quantitative estimate of drug-likeness (QED) is 0.633. The molecule has 6 heteroatoms. The van der Waals surface area contributed by atoms with Gasteiger partial charge in [0.15, 0.2) is 5.11 Å². The van der Waals surface area contributed by atoms with E-state index in [0.29, 0.717) is 0 Å². The van der Waals surface area contributed by atoms with Crippen LogP contribution in [0.15, 0.2) is 54.7 Å². The van der Waals surface area contributed by atoms with Crippen molar-refractivity contribution in [3.05, 3.63) is 77.4 Å². The minimum atomic E-state index is 0.0166. The van der Waals surface area contributed by atoms with Crippen LogP contribution in [-0.4, -0.2) is 33.2 Å². The number of methoxy groups -OCH3 is 1. The molecule has 1 saturated heterocycles. The van der Waals surface area contributed by atoms with Gasteiger partial charge in [-0.3, -0.25) is 4.98 Å². The Morgan fingerprint density at radius 2 is 1.97 bits per heavy atom. The van der Waals surface area contributed by atoms with E-state index < -0.39 is 0 Å². The summed E-state index contributed by atoms with van der Waals surface area (Å²) in [7, 11) is 1.70. The van der Waals surface area contributed by atoms with Crippen LogP contribution in [0.2, 0.25) is 0 Å². The molecule has 1 fully saturated rings. The second-order valence-electron chi connectivity index (χ2n) is 7.28. The molecule has 4 rings (SSSR count). The molecule has 0 amide bonds. The number of benzene rings is 1. The summed E-state index contributed by atoms with van der Waals surface area (Å²) in [5.41, 5.74) is 5.74. The smallest absolute Gasteiger partial charge is 0.170 e. The molecule has 29 heavy (non-hydrogen) atoms. The molecule has 1 aliphatic heterocycles. The van der Waals surface area contributed by atoms with E-state index in [1.54, 1.807) is 7.11 Å². The van der Waals surface area contributed by atoms with Crippen molar-refractivity contribution in [2.45, 2.75) is 32.9 Å². The SMILES string of the molecule is CCN1C(=S)N[C@H](c2ccccn2)[C@H]1c1cc(C)n(-c2cccc(OC)c2)c1C. The third kappa shape index (κ3) is 3.38.